The maximum atomic E-state index is 13.1. The van der Waals surface area contributed by atoms with Gasteiger partial charge in [-0.25, -0.2) is 8.42 Å². The Morgan fingerprint density at radius 1 is 1.07 bits per heavy atom. The van der Waals surface area contributed by atoms with E-state index in [0.29, 0.717) is 18.8 Å². The summed E-state index contributed by atoms with van der Waals surface area (Å²) in [4.78, 5) is 0.126. The molecule has 0 radical (unpaired) electrons. The highest BCUT2D eigenvalue weighted by atomic mass is 35.5. The van der Waals surface area contributed by atoms with E-state index in [9.17, 15) is 8.42 Å². The molecule has 10 heteroatoms. The zero-order valence-corrected chi connectivity index (χ0v) is 17.3. The van der Waals surface area contributed by atoms with Gasteiger partial charge in [-0.05, 0) is 32.6 Å². The highest BCUT2D eigenvalue weighted by Crippen LogP contribution is 2.33. The third kappa shape index (κ3) is 3.30. The third-order valence-electron chi connectivity index (χ3n) is 5.66. The van der Waals surface area contributed by atoms with Crippen LogP contribution in [0, 0.1) is 6.92 Å². The van der Waals surface area contributed by atoms with Gasteiger partial charge in [0.15, 0.2) is 0 Å². The van der Waals surface area contributed by atoms with Crippen molar-refractivity contribution in [2.24, 2.45) is 7.05 Å². The standard InChI is InChI=1S/C17H25ClN6O2S/c1-12-15(16(18)22(2)21-12)27(25,26)23-10-7-13(8-11-23)17-20-19-14-6-4-3-5-9-24(14)17/h13H,3-11H2,1-2H3. The van der Waals surface area contributed by atoms with Crippen LogP contribution in [0.3, 0.4) is 0 Å². The van der Waals surface area contributed by atoms with Crippen LogP contribution in [0.2, 0.25) is 5.15 Å². The molecule has 0 saturated carbocycles. The topological polar surface area (TPSA) is 85.9 Å². The number of fused-ring (bicyclic) bond motifs is 1. The van der Waals surface area contributed by atoms with Gasteiger partial charge in [0.2, 0.25) is 10.0 Å². The van der Waals surface area contributed by atoms with E-state index in [4.69, 9.17) is 11.6 Å². The first-order chi connectivity index (χ1) is 12.9. The number of hydrogen-bond acceptors (Lipinski definition) is 5. The number of nitrogens with zero attached hydrogens (tertiary/aromatic N) is 6. The number of sulfonamides is 1. The Kier molecular flexibility index (Phi) is 5.02. The van der Waals surface area contributed by atoms with Crippen molar-refractivity contribution in [1.29, 1.82) is 0 Å². The molecule has 0 N–H and O–H groups in total. The number of halogens is 1. The van der Waals surface area contributed by atoms with Crippen LogP contribution in [-0.2, 0) is 30.0 Å². The number of piperidine rings is 1. The lowest BCUT2D eigenvalue weighted by molar-refractivity contribution is 0.308. The Labute approximate surface area is 164 Å². The minimum atomic E-state index is -3.64. The SMILES string of the molecule is Cc1nn(C)c(Cl)c1S(=O)(=O)N1CCC(c2nnc3n2CCCCC3)CC1. The van der Waals surface area contributed by atoms with Crippen molar-refractivity contribution in [3.05, 3.63) is 22.5 Å². The molecule has 27 heavy (non-hydrogen) atoms. The van der Waals surface area contributed by atoms with Crippen molar-refractivity contribution in [1.82, 2.24) is 28.9 Å². The first kappa shape index (κ1) is 18.9. The summed E-state index contributed by atoms with van der Waals surface area (Å²) in [6.45, 7) is 3.57. The van der Waals surface area contributed by atoms with E-state index in [1.165, 1.54) is 21.8 Å². The van der Waals surface area contributed by atoms with Crippen LogP contribution in [0.1, 0.15) is 55.4 Å². The van der Waals surface area contributed by atoms with E-state index in [2.05, 4.69) is 19.9 Å². The predicted molar refractivity (Wildman–Crippen MR) is 101 cm³/mol. The fraction of sp³-hybridized carbons (Fsp3) is 0.706. The maximum absolute atomic E-state index is 13.1. The second-order valence-electron chi connectivity index (χ2n) is 7.44. The zero-order chi connectivity index (χ0) is 19.2. The Morgan fingerprint density at radius 3 is 2.48 bits per heavy atom. The van der Waals surface area contributed by atoms with Crippen LogP contribution < -0.4 is 0 Å². The second-order valence-corrected chi connectivity index (χ2v) is 9.68. The van der Waals surface area contributed by atoms with Crippen molar-refractivity contribution in [2.45, 2.75) is 62.8 Å². The Bertz CT molecular complexity index is 943. The van der Waals surface area contributed by atoms with Crippen LogP contribution in [-0.4, -0.2) is 50.4 Å². The molecule has 8 nitrogen and oxygen atoms in total. The molecular formula is C17H25ClN6O2S. The van der Waals surface area contributed by atoms with Crippen molar-refractivity contribution >= 4 is 21.6 Å². The van der Waals surface area contributed by atoms with E-state index in [1.807, 2.05) is 0 Å². The highest BCUT2D eigenvalue weighted by Gasteiger charge is 2.35. The number of rotatable bonds is 3. The molecule has 1 fully saturated rings. The van der Waals surface area contributed by atoms with Crippen molar-refractivity contribution in [3.63, 3.8) is 0 Å². The van der Waals surface area contributed by atoms with E-state index in [1.54, 1.807) is 14.0 Å². The summed E-state index contributed by atoms with van der Waals surface area (Å²) in [5, 5.41) is 13.1. The molecule has 0 spiro atoms. The van der Waals surface area contributed by atoms with E-state index >= 15 is 0 Å². The largest absolute Gasteiger partial charge is 0.315 e. The number of aryl methyl sites for hydroxylation is 3. The van der Waals surface area contributed by atoms with Crippen LogP contribution in [0.15, 0.2) is 4.90 Å². The molecule has 0 aromatic carbocycles. The summed E-state index contributed by atoms with van der Waals surface area (Å²) in [5.41, 5.74) is 0.437. The lowest BCUT2D eigenvalue weighted by Gasteiger charge is -2.30. The van der Waals surface area contributed by atoms with E-state index in [-0.39, 0.29) is 16.0 Å². The van der Waals surface area contributed by atoms with Gasteiger partial charge < -0.3 is 4.57 Å². The average molecular weight is 413 g/mol. The van der Waals surface area contributed by atoms with Crippen molar-refractivity contribution in [2.75, 3.05) is 13.1 Å². The van der Waals surface area contributed by atoms with Crippen LogP contribution in [0.4, 0.5) is 0 Å². The third-order valence-corrected chi connectivity index (χ3v) is 8.25. The highest BCUT2D eigenvalue weighted by molar-refractivity contribution is 7.89. The molecule has 1 saturated heterocycles. The Hall–Kier alpha value is -1.45. The number of aromatic nitrogens is 5. The molecule has 148 valence electrons. The Balaban J connectivity index is 1.52. The van der Waals surface area contributed by atoms with Crippen LogP contribution >= 0.6 is 11.6 Å². The van der Waals surface area contributed by atoms with Gasteiger partial charge in [0.1, 0.15) is 21.7 Å². The lowest BCUT2D eigenvalue weighted by Crippen LogP contribution is -2.38. The Morgan fingerprint density at radius 2 is 1.81 bits per heavy atom. The lowest BCUT2D eigenvalue weighted by atomic mass is 9.97. The molecule has 0 amide bonds. The fourth-order valence-corrected chi connectivity index (χ4v) is 6.37. The van der Waals surface area contributed by atoms with Gasteiger partial charge in [-0.1, -0.05) is 18.0 Å². The van der Waals surface area contributed by atoms with E-state index < -0.39 is 10.0 Å². The van der Waals surface area contributed by atoms with Gasteiger partial charge >= 0.3 is 0 Å². The van der Waals surface area contributed by atoms with Gasteiger partial charge in [0.25, 0.3) is 0 Å². The predicted octanol–water partition coefficient (Wildman–Crippen LogP) is 2.27. The molecule has 0 unspecified atom stereocenters. The molecule has 0 atom stereocenters. The fourth-order valence-electron chi connectivity index (χ4n) is 4.20. The molecule has 0 bridgehead atoms. The molecule has 4 rings (SSSR count). The summed E-state index contributed by atoms with van der Waals surface area (Å²) in [7, 11) is -1.99. The normalized spacial score (nSPS) is 19.8. The monoisotopic (exact) mass is 412 g/mol. The van der Waals surface area contributed by atoms with Gasteiger partial charge in [-0.2, -0.15) is 9.40 Å². The van der Waals surface area contributed by atoms with Gasteiger partial charge in [-0.15, -0.1) is 10.2 Å². The molecule has 0 aliphatic carbocycles. The van der Waals surface area contributed by atoms with Gasteiger partial charge in [0, 0.05) is 39.0 Å². The quantitative estimate of drug-likeness (QED) is 0.771. The first-order valence-corrected chi connectivity index (χ1v) is 11.3. The van der Waals surface area contributed by atoms with E-state index in [0.717, 1.165) is 43.9 Å². The summed E-state index contributed by atoms with van der Waals surface area (Å²) < 4.78 is 31.3. The van der Waals surface area contributed by atoms with Gasteiger partial charge in [-0.3, -0.25) is 4.68 Å². The molecular weight excluding hydrogens is 388 g/mol. The first-order valence-electron chi connectivity index (χ1n) is 9.51. The molecule has 2 aliphatic rings. The van der Waals surface area contributed by atoms with Crippen molar-refractivity contribution in [3.8, 4) is 0 Å². The van der Waals surface area contributed by atoms with Crippen LogP contribution in [0.25, 0.3) is 0 Å². The molecule has 2 aromatic heterocycles. The summed E-state index contributed by atoms with van der Waals surface area (Å²) in [6.07, 6.45) is 6.02. The summed E-state index contributed by atoms with van der Waals surface area (Å²) in [6, 6.07) is 0. The molecule has 2 aliphatic heterocycles. The number of hydrogen-bond donors (Lipinski definition) is 0. The average Bonchev–Trinajstić information content (AvgIpc) is 3.05. The van der Waals surface area contributed by atoms with Crippen molar-refractivity contribution < 1.29 is 8.42 Å². The smallest absolute Gasteiger partial charge is 0.248 e. The maximum Gasteiger partial charge on any atom is 0.248 e. The summed E-state index contributed by atoms with van der Waals surface area (Å²) >= 11 is 6.20. The summed E-state index contributed by atoms with van der Waals surface area (Å²) in [5.74, 6) is 2.36. The minimum absolute atomic E-state index is 0.126. The minimum Gasteiger partial charge on any atom is -0.315 e. The second kappa shape index (κ2) is 7.18. The molecule has 2 aromatic rings. The van der Waals surface area contributed by atoms with Crippen LogP contribution in [0.5, 0.6) is 0 Å². The molecule has 4 heterocycles. The zero-order valence-electron chi connectivity index (χ0n) is 15.7. The van der Waals surface area contributed by atoms with Gasteiger partial charge in [0.05, 0.1) is 5.69 Å².